The highest BCUT2D eigenvalue weighted by atomic mass is 35.5. The van der Waals surface area contributed by atoms with Crippen LogP contribution in [0.4, 0.5) is 19.3 Å². The van der Waals surface area contributed by atoms with Crippen molar-refractivity contribution in [2.75, 3.05) is 18.5 Å². The van der Waals surface area contributed by atoms with Gasteiger partial charge in [0.2, 0.25) is 0 Å². The lowest BCUT2D eigenvalue weighted by Gasteiger charge is -2.19. The van der Waals surface area contributed by atoms with Crippen LogP contribution < -0.4 is 10.6 Å². The third kappa shape index (κ3) is 6.15. The number of nitrogens with one attached hydrogen (secondary N) is 2. The monoisotopic (exact) mass is 334 g/mol. The molecular weight excluding hydrogens is 314 g/mol. The molecule has 1 atom stereocenters. The summed E-state index contributed by atoms with van der Waals surface area (Å²) in [6.07, 6.45) is 1.40. The Labute approximate surface area is 133 Å². The quantitative estimate of drug-likeness (QED) is 0.710. The van der Waals surface area contributed by atoms with Crippen LogP contribution in [0.1, 0.15) is 26.7 Å². The summed E-state index contributed by atoms with van der Waals surface area (Å²) in [4.78, 5) is 11.7. The fraction of sp³-hybridized carbons (Fsp3) is 0.533. The van der Waals surface area contributed by atoms with Crippen molar-refractivity contribution in [3.63, 3.8) is 0 Å². The van der Waals surface area contributed by atoms with Gasteiger partial charge < -0.3 is 15.7 Å². The molecule has 1 unspecified atom stereocenters. The lowest BCUT2D eigenvalue weighted by Crippen LogP contribution is -2.34. The number of benzene rings is 1. The molecule has 0 radical (unpaired) electrons. The van der Waals surface area contributed by atoms with E-state index in [0.29, 0.717) is 18.9 Å². The molecule has 0 saturated heterocycles. The van der Waals surface area contributed by atoms with Gasteiger partial charge >= 0.3 is 6.03 Å². The third-order valence-corrected chi connectivity index (χ3v) is 3.36. The third-order valence-electron chi connectivity index (χ3n) is 3.14. The van der Waals surface area contributed by atoms with Crippen molar-refractivity contribution >= 4 is 23.3 Å². The van der Waals surface area contributed by atoms with Gasteiger partial charge in [0.1, 0.15) is 5.69 Å². The van der Waals surface area contributed by atoms with E-state index in [9.17, 15) is 13.6 Å². The van der Waals surface area contributed by atoms with Gasteiger partial charge in [-0.1, -0.05) is 25.4 Å². The van der Waals surface area contributed by atoms with Gasteiger partial charge in [0, 0.05) is 18.2 Å². The standard InChI is InChI=1S/C15H21ClF2N2O2/c1-9(2)5-10(3-4-21)8-19-15(22)20-14-12(17)6-11(16)7-13(14)18/h6-7,9-10,21H,3-5,8H2,1-2H3,(H2,19,20,22). The lowest BCUT2D eigenvalue weighted by atomic mass is 9.94. The first-order chi connectivity index (χ1) is 10.3. The van der Waals surface area contributed by atoms with Gasteiger partial charge in [-0.15, -0.1) is 0 Å². The summed E-state index contributed by atoms with van der Waals surface area (Å²) in [5.74, 6) is -1.34. The van der Waals surface area contributed by atoms with Crippen molar-refractivity contribution in [3.05, 3.63) is 28.8 Å². The molecule has 0 spiro atoms. The number of hydrogen-bond acceptors (Lipinski definition) is 2. The molecule has 124 valence electrons. The Kier molecular flexibility index (Phi) is 7.55. The highest BCUT2D eigenvalue weighted by Gasteiger charge is 2.15. The molecule has 0 saturated carbocycles. The number of halogens is 3. The molecule has 0 fully saturated rings. The second kappa shape index (κ2) is 8.90. The molecule has 1 aromatic carbocycles. The molecule has 0 aliphatic carbocycles. The van der Waals surface area contributed by atoms with E-state index < -0.39 is 23.4 Å². The van der Waals surface area contributed by atoms with Crippen LogP contribution in [-0.2, 0) is 0 Å². The Morgan fingerprint density at radius 3 is 2.41 bits per heavy atom. The number of urea groups is 1. The van der Waals surface area contributed by atoms with Crippen LogP contribution in [0.2, 0.25) is 5.02 Å². The van der Waals surface area contributed by atoms with Gasteiger partial charge in [0.15, 0.2) is 11.6 Å². The van der Waals surface area contributed by atoms with E-state index in [1.807, 2.05) is 13.8 Å². The van der Waals surface area contributed by atoms with Gasteiger partial charge in [-0.05, 0) is 36.8 Å². The molecule has 0 aliphatic heterocycles. The summed E-state index contributed by atoms with van der Waals surface area (Å²) in [6.45, 7) is 4.44. The number of carbonyl (C=O) groups excluding carboxylic acids is 1. The van der Waals surface area contributed by atoms with Crippen LogP contribution in [0.3, 0.4) is 0 Å². The Bertz CT molecular complexity index is 489. The van der Waals surface area contributed by atoms with Crippen molar-refractivity contribution in [2.45, 2.75) is 26.7 Å². The van der Waals surface area contributed by atoms with E-state index >= 15 is 0 Å². The van der Waals surface area contributed by atoms with Crippen LogP contribution >= 0.6 is 11.6 Å². The van der Waals surface area contributed by atoms with Crippen molar-refractivity contribution in [1.29, 1.82) is 0 Å². The number of hydrogen-bond donors (Lipinski definition) is 3. The molecule has 0 aromatic heterocycles. The molecule has 0 heterocycles. The molecule has 0 bridgehead atoms. The highest BCUT2D eigenvalue weighted by molar-refractivity contribution is 6.30. The summed E-state index contributed by atoms with van der Waals surface area (Å²) < 4.78 is 27.1. The molecule has 1 rings (SSSR count). The van der Waals surface area contributed by atoms with E-state index in [1.165, 1.54) is 0 Å². The Hall–Kier alpha value is -1.40. The average Bonchev–Trinajstić information content (AvgIpc) is 2.40. The molecule has 7 heteroatoms. The van der Waals surface area contributed by atoms with E-state index in [0.717, 1.165) is 18.6 Å². The van der Waals surface area contributed by atoms with Crippen molar-refractivity contribution < 1.29 is 18.7 Å². The second-order valence-corrected chi connectivity index (χ2v) is 6.02. The number of aliphatic hydroxyl groups excluding tert-OH is 1. The number of carbonyl (C=O) groups is 1. The van der Waals surface area contributed by atoms with Crippen LogP contribution in [-0.4, -0.2) is 24.3 Å². The van der Waals surface area contributed by atoms with Crippen LogP contribution in [0.5, 0.6) is 0 Å². The zero-order valence-corrected chi connectivity index (χ0v) is 13.4. The zero-order chi connectivity index (χ0) is 16.7. The summed E-state index contributed by atoms with van der Waals surface area (Å²) in [5.41, 5.74) is -0.538. The first-order valence-electron chi connectivity index (χ1n) is 7.13. The Balaban J connectivity index is 2.59. The number of anilines is 1. The van der Waals surface area contributed by atoms with E-state index in [1.54, 1.807) is 0 Å². The first-order valence-corrected chi connectivity index (χ1v) is 7.51. The first kappa shape index (κ1) is 18.6. The summed E-state index contributed by atoms with van der Waals surface area (Å²) >= 11 is 5.51. The lowest BCUT2D eigenvalue weighted by molar-refractivity contribution is 0.231. The van der Waals surface area contributed by atoms with Gasteiger partial charge in [0.05, 0.1) is 0 Å². The fourth-order valence-electron chi connectivity index (χ4n) is 2.21. The molecule has 3 N–H and O–H groups in total. The van der Waals surface area contributed by atoms with Gasteiger partial charge in [-0.2, -0.15) is 0 Å². The second-order valence-electron chi connectivity index (χ2n) is 5.59. The zero-order valence-electron chi connectivity index (χ0n) is 12.6. The van der Waals surface area contributed by atoms with E-state index in [2.05, 4.69) is 10.6 Å². The average molecular weight is 335 g/mol. The molecule has 0 aliphatic rings. The molecule has 2 amide bonds. The van der Waals surface area contributed by atoms with Crippen molar-refractivity contribution in [2.24, 2.45) is 11.8 Å². The topological polar surface area (TPSA) is 61.4 Å². The minimum Gasteiger partial charge on any atom is -0.396 e. The number of aliphatic hydroxyl groups is 1. The number of amides is 2. The fourth-order valence-corrected chi connectivity index (χ4v) is 2.40. The normalized spacial score (nSPS) is 12.3. The van der Waals surface area contributed by atoms with Crippen LogP contribution in [0.25, 0.3) is 0 Å². The molecule has 22 heavy (non-hydrogen) atoms. The van der Waals surface area contributed by atoms with Crippen molar-refractivity contribution in [1.82, 2.24) is 5.32 Å². The minimum absolute atomic E-state index is 0.0289. The maximum Gasteiger partial charge on any atom is 0.319 e. The Morgan fingerprint density at radius 2 is 1.91 bits per heavy atom. The maximum absolute atomic E-state index is 13.6. The number of rotatable bonds is 7. The SMILES string of the molecule is CC(C)CC(CCO)CNC(=O)Nc1c(F)cc(Cl)cc1F. The van der Waals surface area contributed by atoms with E-state index in [4.69, 9.17) is 16.7 Å². The summed E-state index contributed by atoms with van der Waals surface area (Å²) in [5, 5.41) is 13.6. The largest absolute Gasteiger partial charge is 0.396 e. The predicted molar refractivity (Wildman–Crippen MR) is 83.0 cm³/mol. The van der Waals surface area contributed by atoms with Gasteiger partial charge in [0.25, 0.3) is 0 Å². The van der Waals surface area contributed by atoms with Crippen LogP contribution in [0, 0.1) is 23.5 Å². The van der Waals surface area contributed by atoms with Gasteiger partial charge in [-0.3, -0.25) is 0 Å². The minimum atomic E-state index is -0.936. The summed E-state index contributed by atoms with van der Waals surface area (Å²) in [7, 11) is 0. The smallest absolute Gasteiger partial charge is 0.319 e. The highest BCUT2D eigenvalue weighted by Crippen LogP contribution is 2.23. The molecule has 4 nitrogen and oxygen atoms in total. The van der Waals surface area contributed by atoms with Crippen molar-refractivity contribution in [3.8, 4) is 0 Å². The molecular formula is C15H21ClF2N2O2. The molecule has 1 aromatic rings. The maximum atomic E-state index is 13.6. The van der Waals surface area contributed by atoms with Crippen LogP contribution in [0.15, 0.2) is 12.1 Å². The predicted octanol–water partition coefficient (Wildman–Crippen LogP) is 3.78. The summed E-state index contributed by atoms with van der Waals surface area (Å²) in [6, 6.07) is 1.15. The van der Waals surface area contributed by atoms with Gasteiger partial charge in [-0.25, -0.2) is 13.6 Å². The Morgan fingerprint density at radius 1 is 1.32 bits per heavy atom. The van der Waals surface area contributed by atoms with E-state index in [-0.39, 0.29) is 17.5 Å².